The second-order valence-electron chi connectivity index (χ2n) is 13.3. The molecule has 2 aromatic rings. The average Bonchev–Trinajstić information content (AvgIpc) is 3.86. The van der Waals surface area contributed by atoms with Crippen molar-refractivity contribution in [2.24, 2.45) is 17.8 Å². The van der Waals surface area contributed by atoms with E-state index in [1.54, 1.807) is 0 Å². The van der Waals surface area contributed by atoms with Crippen molar-refractivity contribution in [2.45, 2.75) is 74.9 Å². The van der Waals surface area contributed by atoms with Gasteiger partial charge < -0.3 is 44.2 Å². The zero-order chi connectivity index (χ0) is 34.5. The Labute approximate surface area is 286 Å². The minimum atomic E-state index is -4.11. The van der Waals surface area contributed by atoms with E-state index in [2.05, 4.69) is 5.32 Å². The first-order valence-electron chi connectivity index (χ1n) is 16.8. The van der Waals surface area contributed by atoms with Crippen molar-refractivity contribution in [1.29, 1.82) is 0 Å². The zero-order valence-electron chi connectivity index (χ0n) is 27.7. The Bertz CT molecular complexity index is 1530. The van der Waals surface area contributed by atoms with Crippen molar-refractivity contribution in [1.82, 2.24) is 9.62 Å². The molecule has 0 aliphatic carbocycles. The van der Waals surface area contributed by atoms with Gasteiger partial charge in [-0.3, -0.25) is 0 Å². The van der Waals surface area contributed by atoms with Crippen LogP contribution in [0.2, 0.25) is 0 Å². The average molecular weight is 704 g/mol. The van der Waals surface area contributed by atoms with Gasteiger partial charge in [-0.1, -0.05) is 44.2 Å². The fraction of sp³-hybridized carbons (Fsp3) is 0.588. The number of anilines is 1. The van der Waals surface area contributed by atoms with Crippen LogP contribution in [0.15, 0.2) is 59.5 Å². The number of carbonyl (C=O) groups excluding carboxylic acids is 2. The molecule has 268 valence electrons. The third-order valence-corrected chi connectivity index (χ3v) is 11.1. The van der Waals surface area contributed by atoms with Gasteiger partial charge in [-0.15, -0.1) is 0 Å². The van der Waals surface area contributed by atoms with Crippen LogP contribution in [0, 0.1) is 17.8 Å². The maximum Gasteiger partial charge on any atom is 0.509 e. The van der Waals surface area contributed by atoms with E-state index < -0.39 is 59.2 Å². The summed E-state index contributed by atoms with van der Waals surface area (Å²) >= 11 is 0. The van der Waals surface area contributed by atoms with E-state index in [1.165, 1.54) is 28.6 Å². The summed E-state index contributed by atoms with van der Waals surface area (Å²) < 4.78 is 69.4. The molecule has 14 nitrogen and oxygen atoms in total. The molecule has 0 radical (unpaired) electrons. The first kappa shape index (κ1) is 35.4. The van der Waals surface area contributed by atoms with E-state index in [9.17, 15) is 18.0 Å². The van der Waals surface area contributed by atoms with Gasteiger partial charge in [0.1, 0.15) is 18.3 Å². The van der Waals surface area contributed by atoms with Crippen molar-refractivity contribution in [3.8, 4) is 0 Å². The van der Waals surface area contributed by atoms with Crippen molar-refractivity contribution in [3.05, 3.63) is 60.2 Å². The van der Waals surface area contributed by atoms with Gasteiger partial charge in [-0.2, -0.15) is 4.31 Å². The van der Waals surface area contributed by atoms with Gasteiger partial charge in [-0.25, -0.2) is 18.0 Å². The molecule has 15 heteroatoms. The number of alkyl carbamates (subject to hydrolysis) is 1. The Balaban J connectivity index is 1.28. The number of rotatable bonds is 13. The van der Waals surface area contributed by atoms with Gasteiger partial charge in [0.25, 0.3) is 0 Å². The predicted molar refractivity (Wildman–Crippen MR) is 175 cm³/mol. The largest absolute Gasteiger partial charge is 0.509 e. The molecule has 4 aliphatic heterocycles. The van der Waals surface area contributed by atoms with Crippen LogP contribution < -0.4 is 11.1 Å². The number of carbonyl (C=O) groups is 2. The molecule has 0 spiro atoms. The van der Waals surface area contributed by atoms with Crippen LogP contribution in [0.1, 0.15) is 32.3 Å². The molecule has 4 heterocycles. The minimum absolute atomic E-state index is 0.0283. The summed E-state index contributed by atoms with van der Waals surface area (Å²) in [5.41, 5.74) is 7.07. The third-order valence-electron chi connectivity index (χ3n) is 9.24. The highest BCUT2D eigenvalue weighted by atomic mass is 32.2. The summed E-state index contributed by atoms with van der Waals surface area (Å²) in [6.45, 7) is 4.92. The molecular formula is C34H45N3O11S. The smallest absolute Gasteiger partial charge is 0.443 e. The summed E-state index contributed by atoms with van der Waals surface area (Å²) in [6.07, 6.45) is -3.42. The van der Waals surface area contributed by atoms with Gasteiger partial charge in [-0.05, 0) is 55.0 Å². The molecule has 4 aliphatic rings. The molecular weight excluding hydrogens is 658 g/mol. The number of fused-ring (bicyclic) bond motifs is 2. The Morgan fingerprint density at radius 3 is 2.10 bits per heavy atom. The number of benzene rings is 2. The minimum Gasteiger partial charge on any atom is -0.443 e. The number of ether oxygens (including phenoxy) is 7. The maximum atomic E-state index is 14.1. The lowest BCUT2D eigenvalue weighted by Crippen LogP contribution is -2.53. The fourth-order valence-electron chi connectivity index (χ4n) is 6.75. The summed E-state index contributed by atoms with van der Waals surface area (Å²) in [5.74, 6) is -0.330. The second kappa shape index (κ2) is 15.6. The zero-order valence-corrected chi connectivity index (χ0v) is 28.5. The Kier molecular flexibility index (Phi) is 11.3. The SMILES string of the molecule is CC(C)CN(C[C@@H](OC(=O)OC1COC2OCC[C@H]12)[C@H](Cc1ccccc1)NC(=O)OC1CO[C@H]2OCC[C@@H]12)S(=O)(=O)c1ccc(N)cc1. The number of nitrogen functional groups attached to an aromatic ring is 1. The molecule has 1 amide bonds. The molecule has 0 bridgehead atoms. The highest BCUT2D eigenvalue weighted by Crippen LogP contribution is 2.34. The van der Waals surface area contributed by atoms with E-state index >= 15 is 0 Å². The molecule has 0 aromatic heterocycles. The molecule has 3 N–H and O–H groups in total. The monoisotopic (exact) mass is 703 g/mol. The Hall–Kier alpha value is -3.47. The van der Waals surface area contributed by atoms with E-state index in [0.717, 1.165) is 5.56 Å². The van der Waals surface area contributed by atoms with Crippen LogP contribution in [0.25, 0.3) is 0 Å². The van der Waals surface area contributed by atoms with E-state index in [0.29, 0.717) is 31.7 Å². The number of hydrogen-bond donors (Lipinski definition) is 2. The number of nitrogens with two attached hydrogens (primary N) is 1. The first-order chi connectivity index (χ1) is 23.6. The van der Waals surface area contributed by atoms with Gasteiger partial charge in [0.05, 0.1) is 55.7 Å². The van der Waals surface area contributed by atoms with Crippen LogP contribution in [0.3, 0.4) is 0 Å². The van der Waals surface area contributed by atoms with Crippen LogP contribution >= 0.6 is 0 Å². The molecule has 3 unspecified atom stereocenters. The fourth-order valence-corrected chi connectivity index (χ4v) is 8.37. The Morgan fingerprint density at radius 1 is 0.878 bits per heavy atom. The molecule has 6 rings (SSSR count). The number of nitrogens with one attached hydrogen (secondary N) is 1. The van der Waals surface area contributed by atoms with Gasteiger partial charge >= 0.3 is 12.2 Å². The van der Waals surface area contributed by atoms with Crippen molar-refractivity contribution in [3.63, 3.8) is 0 Å². The molecule has 4 saturated heterocycles. The summed E-state index contributed by atoms with van der Waals surface area (Å²) in [5, 5.41) is 2.89. The predicted octanol–water partition coefficient (Wildman–Crippen LogP) is 3.30. The lowest BCUT2D eigenvalue weighted by Gasteiger charge is -2.33. The summed E-state index contributed by atoms with van der Waals surface area (Å²) in [6, 6.07) is 14.3. The lowest BCUT2D eigenvalue weighted by molar-refractivity contribution is -0.0910. The van der Waals surface area contributed by atoms with Crippen LogP contribution in [0.5, 0.6) is 0 Å². The standard InChI is InChI=1S/C34H45N3O11S/c1-21(2)17-37(49(40,41)24-10-8-23(35)9-11-24)18-28(47-34(39)48-30-20-45-32-26(30)13-15-43-32)27(16-22-6-4-3-5-7-22)36-33(38)46-29-19-44-31-25(29)12-14-42-31/h3-11,21,25-32H,12-20,35H2,1-2H3,(H,36,38)/t25-,26+,27-,28+,29?,30?,31+,32?/m0/s1. The maximum absolute atomic E-state index is 14.1. The summed E-state index contributed by atoms with van der Waals surface area (Å²) in [4.78, 5) is 27.1. The number of amides is 1. The van der Waals surface area contributed by atoms with E-state index in [1.807, 2.05) is 44.2 Å². The Morgan fingerprint density at radius 2 is 1.49 bits per heavy atom. The normalized spacial score (nSPS) is 27.4. The summed E-state index contributed by atoms with van der Waals surface area (Å²) in [7, 11) is -4.11. The molecule has 8 atom stereocenters. The van der Waals surface area contributed by atoms with E-state index in [-0.39, 0.29) is 55.4 Å². The molecule has 0 saturated carbocycles. The van der Waals surface area contributed by atoms with Crippen molar-refractivity contribution < 1.29 is 51.2 Å². The van der Waals surface area contributed by atoms with Crippen LogP contribution in [0.4, 0.5) is 15.3 Å². The molecule has 49 heavy (non-hydrogen) atoms. The third kappa shape index (κ3) is 8.64. The topological polar surface area (TPSA) is 174 Å². The van der Waals surface area contributed by atoms with E-state index in [4.69, 9.17) is 38.9 Å². The second-order valence-corrected chi connectivity index (χ2v) is 15.2. The van der Waals surface area contributed by atoms with Crippen molar-refractivity contribution in [2.75, 3.05) is 45.3 Å². The highest BCUT2D eigenvalue weighted by Gasteiger charge is 2.46. The van der Waals surface area contributed by atoms with Gasteiger partial charge in [0.15, 0.2) is 12.6 Å². The molecule has 2 aromatic carbocycles. The van der Waals surface area contributed by atoms with Crippen molar-refractivity contribution >= 4 is 28.0 Å². The number of nitrogens with zero attached hydrogens (tertiary/aromatic N) is 1. The number of hydrogen-bond acceptors (Lipinski definition) is 12. The van der Waals surface area contributed by atoms with Gasteiger partial charge in [0, 0.05) is 12.2 Å². The van der Waals surface area contributed by atoms with Gasteiger partial charge in [0.2, 0.25) is 10.0 Å². The lowest BCUT2D eigenvalue weighted by atomic mass is 10.0. The number of sulfonamides is 1. The highest BCUT2D eigenvalue weighted by molar-refractivity contribution is 7.89. The first-order valence-corrected chi connectivity index (χ1v) is 18.2. The van der Waals surface area contributed by atoms with Crippen LogP contribution in [-0.4, -0.2) is 101 Å². The van der Waals surface area contributed by atoms with Crippen LogP contribution in [-0.2, 0) is 49.6 Å². The quantitative estimate of drug-likeness (QED) is 0.231. The molecule has 4 fully saturated rings.